The molecule has 19 heavy (non-hydrogen) atoms. The van der Waals surface area contributed by atoms with Gasteiger partial charge in [0.05, 0.1) is 5.41 Å². The van der Waals surface area contributed by atoms with Crippen molar-refractivity contribution in [2.24, 2.45) is 11.1 Å². The number of likely N-dealkylation sites (tertiary alicyclic amines) is 1. The van der Waals surface area contributed by atoms with E-state index in [0.29, 0.717) is 25.1 Å². The summed E-state index contributed by atoms with van der Waals surface area (Å²) in [5.74, 6) is -0.621. The molecule has 0 saturated carbocycles. The predicted molar refractivity (Wildman–Crippen MR) is 72.1 cm³/mol. The number of nitrogens with two attached hydrogens (primary N) is 1. The van der Waals surface area contributed by atoms with Gasteiger partial charge < -0.3 is 10.6 Å². The quantitative estimate of drug-likeness (QED) is 0.845. The molecule has 5 nitrogen and oxygen atoms in total. The van der Waals surface area contributed by atoms with Gasteiger partial charge in [0.1, 0.15) is 10.3 Å². The highest BCUT2D eigenvalue weighted by Crippen LogP contribution is 2.30. The maximum atomic E-state index is 12.3. The maximum absolute atomic E-state index is 12.3. The lowest BCUT2D eigenvalue weighted by Gasteiger charge is -2.21. The average Bonchev–Trinajstić information content (AvgIpc) is 2.71. The smallest absolute Gasteiger partial charge is 0.254 e. The van der Waals surface area contributed by atoms with Gasteiger partial charge in [0, 0.05) is 18.7 Å². The third kappa shape index (κ3) is 2.82. The van der Waals surface area contributed by atoms with E-state index in [4.69, 9.17) is 28.9 Å². The number of aromatic nitrogens is 1. The lowest BCUT2D eigenvalue weighted by molar-refractivity contribution is -0.126. The van der Waals surface area contributed by atoms with Gasteiger partial charge in [-0.1, -0.05) is 23.2 Å². The Morgan fingerprint density at radius 2 is 1.95 bits per heavy atom. The number of amides is 2. The number of hydrogen-bond acceptors (Lipinski definition) is 3. The van der Waals surface area contributed by atoms with Crippen molar-refractivity contribution < 1.29 is 9.59 Å². The van der Waals surface area contributed by atoms with Crippen molar-refractivity contribution in [3.63, 3.8) is 0 Å². The van der Waals surface area contributed by atoms with E-state index in [2.05, 4.69) is 4.98 Å². The molecule has 1 saturated heterocycles. The molecule has 1 aliphatic rings. The van der Waals surface area contributed by atoms with Gasteiger partial charge in [0.2, 0.25) is 5.91 Å². The minimum atomic E-state index is -0.670. The summed E-state index contributed by atoms with van der Waals surface area (Å²) in [5.41, 5.74) is 5.04. The topological polar surface area (TPSA) is 76.3 Å². The van der Waals surface area contributed by atoms with Crippen LogP contribution in [0, 0.1) is 5.41 Å². The minimum absolute atomic E-state index is 0.160. The summed E-state index contributed by atoms with van der Waals surface area (Å²) in [5, 5.41) is 0.320. The number of primary amides is 1. The lowest BCUT2D eigenvalue weighted by Crippen LogP contribution is -2.38. The van der Waals surface area contributed by atoms with Crippen molar-refractivity contribution in [3.8, 4) is 0 Å². The molecule has 2 N–H and O–H groups in total. The van der Waals surface area contributed by atoms with Gasteiger partial charge in [-0.15, -0.1) is 0 Å². The predicted octanol–water partition coefficient (Wildman–Crippen LogP) is 1.73. The van der Waals surface area contributed by atoms with Gasteiger partial charge in [-0.3, -0.25) is 9.59 Å². The monoisotopic (exact) mass is 301 g/mol. The van der Waals surface area contributed by atoms with E-state index in [1.807, 2.05) is 0 Å². The molecule has 1 atom stereocenters. The Morgan fingerprint density at radius 1 is 1.37 bits per heavy atom. The fourth-order valence-electron chi connectivity index (χ4n) is 2.11. The van der Waals surface area contributed by atoms with Gasteiger partial charge in [-0.05, 0) is 25.5 Å². The van der Waals surface area contributed by atoms with Crippen LogP contribution in [0.15, 0.2) is 12.1 Å². The van der Waals surface area contributed by atoms with E-state index in [1.165, 1.54) is 12.1 Å². The fraction of sp³-hybridized carbons (Fsp3) is 0.417. The second-order valence-electron chi connectivity index (χ2n) is 4.90. The van der Waals surface area contributed by atoms with E-state index >= 15 is 0 Å². The lowest BCUT2D eigenvalue weighted by atomic mass is 9.89. The first kappa shape index (κ1) is 14.1. The Kier molecular flexibility index (Phi) is 3.69. The van der Waals surface area contributed by atoms with Crippen LogP contribution in [0.25, 0.3) is 0 Å². The molecule has 2 amide bonds. The van der Waals surface area contributed by atoms with E-state index < -0.39 is 11.3 Å². The van der Waals surface area contributed by atoms with Crippen LogP contribution in [0.2, 0.25) is 10.3 Å². The Balaban J connectivity index is 2.20. The highest BCUT2D eigenvalue weighted by molar-refractivity contribution is 6.33. The molecule has 1 aliphatic heterocycles. The third-order valence-electron chi connectivity index (χ3n) is 3.37. The first-order valence-corrected chi connectivity index (χ1v) is 6.50. The Hall–Kier alpha value is -1.33. The molecule has 0 radical (unpaired) electrons. The van der Waals surface area contributed by atoms with Gasteiger partial charge in [0.15, 0.2) is 0 Å². The molecule has 1 unspecified atom stereocenters. The SMILES string of the molecule is CC1(C(N)=O)CCN(C(=O)c2cc(Cl)nc(Cl)c2)C1. The summed E-state index contributed by atoms with van der Waals surface area (Å²) in [7, 11) is 0. The van der Waals surface area contributed by atoms with Crippen LogP contribution in [0.5, 0.6) is 0 Å². The van der Waals surface area contributed by atoms with Crippen molar-refractivity contribution in [2.45, 2.75) is 13.3 Å². The van der Waals surface area contributed by atoms with Crippen molar-refractivity contribution >= 4 is 35.0 Å². The standard InChI is InChI=1S/C12H13Cl2N3O2/c1-12(11(15)19)2-3-17(6-12)10(18)7-4-8(13)16-9(14)5-7/h4-5H,2-3,6H2,1H3,(H2,15,19). The van der Waals surface area contributed by atoms with Crippen molar-refractivity contribution in [1.29, 1.82) is 0 Å². The number of rotatable bonds is 2. The Morgan fingerprint density at radius 3 is 2.42 bits per heavy atom. The Bertz CT molecular complexity index is 530. The molecule has 2 rings (SSSR count). The van der Waals surface area contributed by atoms with Gasteiger partial charge in [-0.2, -0.15) is 0 Å². The first-order chi connectivity index (χ1) is 8.82. The van der Waals surface area contributed by atoms with Crippen LogP contribution in [0.3, 0.4) is 0 Å². The van der Waals surface area contributed by atoms with Crippen LogP contribution in [-0.4, -0.2) is 34.8 Å². The second-order valence-corrected chi connectivity index (χ2v) is 5.68. The number of pyridine rings is 1. The zero-order valence-electron chi connectivity index (χ0n) is 10.3. The number of nitrogens with zero attached hydrogens (tertiary/aromatic N) is 2. The third-order valence-corrected chi connectivity index (χ3v) is 3.75. The number of hydrogen-bond donors (Lipinski definition) is 1. The highest BCUT2D eigenvalue weighted by atomic mass is 35.5. The molecule has 0 spiro atoms. The largest absolute Gasteiger partial charge is 0.369 e. The zero-order valence-corrected chi connectivity index (χ0v) is 11.8. The molecule has 1 aromatic rings. The Labute approximate surface area is 120 Å². The average molecular weight is 302 g/mol. The fourth-order valence-corrected chi connectivity index (χ4v) is 2.57. The number of carbonyl (C=O) groups is 2. The molecule has 102 valence electrons. The second kappa shape index (κ2) is 4.98. The summed E-state index contributed by atoms with van der Waals surface area (Å²) in [6, 6.07) is 2.91. The van der Waals surface area contributed by atoms with E-state index in [9.17, 15) is 9.59 Å². The van der Waals surface area contributed by atoms with Crippen molar-refractivity contribution in [2.75, 3.05) is 13.1 Å². The van der Waals surface area contributed by atoms with Crippen molar-refractivity contribution in [3.05, 3.63) is 28.0 Å². The van der Waals surface area contributed by atoms with Gasteiger partial charge >= 0.3 is 0 Å². The zero-order chi connectivity index (χ0) is 14.2. The highest BCUT2D eigenvalue weighted by Gasteiger charge is 2.40. The summed E-state index contributed by atoms with van der Waals surface area (Å²) in [6.45, 7) is 2.55. The van der Waals surface area contributed by atoms with Crippen LogP contribution >= 0.6 is 23.2 Å². The van der Waals surface area contributed by atoms with Crippen molar-refractivity contribution in [1.82, 2.24) is 9.88 Å². The maximum Gasteiger partial charge on any atom is 0.254 e. The van der Waals surface area contributed by atoms with Gasteiger partial charge in [-0.25, -0.2) is 4.98 Å². The van der Waals surface area contributed by atoms with Crippen LogP contribution < -0.4 is 5.73 Å². The number of carbonyl (C=O) groups excluding carboxylic acids is 2. The van der Waals surface area contributed by atoms with E-state index in [0.717, 1.165) is 0 Å². The first-order valence-electron chi connectivity index (χ1n) is 5.74. The number of halogens is 2. The summed E-state index contributed by atoms with van der Waals surface area (Å²) in [4.78, 5) is 29.0. The van der Waals surface area contributed by atoms with E-state index in [-0.39, 0.29) is 16.2 Å². The molecule has 1 fully saturated rings. The van der Waals surface area contributed by atoms with Gasteiger partial charge in [0.25, 0.3) is 5.91 Å². The molecule has 0 aliphatic carbocycles. The molecule has 2 heterocycles. The van der Waals surface area contributed by atoms with E-state index in [1.54, 1.807) is 11.8 Å². The summed E-state index contributed by atoms with van der Waals surface area (Å²) < 4.78 is 0. The molecule has 7 heteroatoms. The van der Waals surface area contributed by atoms with Crippen LogP contribution in [0.1, 0.15) is 23.7 Å². The summed E-state index contributed by atoms with van der Waals surface area (Å²) in [6.07, 6.45) is 0.556. The minimum Gasteiger partial charge on any atom is -0.369 e. The molecular weight excluding hydrogens is 289 g/mol. The van der Waals surface area contributed by atoms with Crippen LogP contribution in [0.4, 0.5) is 0 Å². The molecule has 1 aromatic heterocycles. The normalized spacial score (nSPS) is 22.6. The molecule has 0 aromatic carbocycles. The molecule has 0 bridgehead atoms. The summed E-state index contributed by atoms with van der Waals surface area (Å²) >= 11 is 11.5. The van der Waals surface area contributed by atoms with Crippen LogP contribution in [-0.2, 0) is 4.79 Å². The molecular formula is C12H13Cl2N3O2.